The lowest BCUT2D eigenvalue weighted by Crippen LogP contribution is -2.25. The minimum absolute atomic E-state index is 0.169. The highest BCUT2D eigenvalue weighted by Gasteiger charge is 2.20. The molecule has 1 fully saturated rings. The van der Waals surface area contributed by atoms with Crippen molar-refractivity contribution in [1.82, 2.24) is 0 Å². The molecule has 150 valence electrons. The van der Waals surface area contributed by atoms with Gasteiger partial charge in [-0.15, -0.1) is 0 Å². The largest absolute Gasteiger partial charge is 0.482 e. The summed E-state index contributed by atoms with van der Waals surface area (Å²) >= 11 is 11.9. The van der Waals surface area contributed by atoms with E-state index < -0.39 is 10.8 Å². The molecule has 1 N–H and O–H groups in total. The minimum atomic E-state index is -0.956. The van der Waals surface area contributed by atoms with Crippen molar-refractivity contribution in [1.29, 1.82) is 0 Å². The Morgan fingerprint density at radius 1 is 1.18 bits per heavy atom. The number of hydrogen-bond acceptors (Lipinski definition) is 4. The number of rotatable bonds is 7. The lowest BCUT2D eigenvalue weighted by molar-refractivity contribution is -0.118. The van der Waals surface area contributed by atoms with Crippen LogP contribution < -0.4 is 10.1 Å². The van der Waals surface area contributed by atoms with Crippen LogP contribution in [0, 0.1) is 0 Å². The fraction of sp³-hybridized carbons (Fsp3) is 0.350. The van der Waals surface area contributed by atoms with Crippen molar-refractivity contribution in [3.8, 4) is 5.75 Å². The average Bonchev–Trinajstić information content (AvgIpc) is 2.69. The summed E-state index contributed by atoms with van der Waals surface area (Å²) in [7, 11) is -0.956. The molecule has 0 saturated carbocycles. The second kappa shape index (κ2) is 10.3. The van der Waals surface area contributed by atoms with Crippen LogP contribution >= 0.6 is 23.2 Å². The molecule has 28 heavy (non-hydrogen) atoms. The summed E-state index contributed by atoms with van der Waals surface area (Å²) in [6.45, 7) is 1.14. The van der Waals surface area contributed by atoms with Crippen LogP contribution in [0.25, 0.3) is 0 Å². The van der Waals surface area contributed by atoms with E-state index in [0.29, 0.717) is 40.4 Å². The first-order chi connectivity index (χ1) is 13.5. The van der Waals surface area contributed by atoms with Gasteiger partial charge < -0.3 is 14.8 Å². The predicted molar refractivity (Wildman–Crippen MR) is 113 cm³/mol. The second-order valence-electron chi connectivity index (χ2n) is 6.45. The molecule has 1 aliphatic rings. The molecule has 0 aromatic heterocycles. The Morgan fingerprint density at radius 2 is 1.96 bits per heavy atom. The zero-order chi connectivity index (χ0) is 19.9. The van der Waals surface area contributed by atoms with Crippen LogP contribution in [-0.2, 0) is 26.1 Å². The molecule has 1 unspecified atom stereocenters. The summed E-state index contributed by atoms with van der Waals surface area (Å²) in [5.41, 5.74) is 1.55. The lowest BCUT2D eigenvalue weighted by atomic mass is 10.2. The first-order valence-corrected chi connectivity index (χ1v) is 11.1. The summed E-state index contributed by atoms with van der Waals surface area (Å²) in [6.07, 6.45) is 1.65. The molecule has 8 heteroatoms. The first-order valence-electron chi connectivity index (χ1n) is 8.93. The maximum atomic E-state index is 12.5. The van der Waals surface area contributed by atoms with Gasteiger partial charge in [-0.05, 0) is 42.7 Å². The molecule has 0 spiro atoms. The fourth-order valence-corrected chi connectivity index (χ4v) is 4.68. The molecule has 1 saturated heterocycles. The van der Waals surface area contributed by atoms with Gasteiger partial charge in [0.1, 0.15) is 5.75 Å². The van der Waals surface area contributed by atoms with Crippen LogP contribution in [0.15, 0.2) is 42.5 Å². The minimum Gasteiger partial charge on any atom is -0.482 e. The van der Waals surface area contributed by atoms with E-state index in [9.17, 15) is 9.00 Å². The maximum absolute atomic E-state index is 12.5. The van der Waals surface area contributed by atoms with Crippen LogP contribution in [0.2, 0.25) is 10.0 Å². The predicted octanol–water partition coefficient (Wildman–Crippen LogP) is 4.44. The second-order valence-corrected chi connectivity index (χ2v) is 9.01. The van der Waals surface area contributed by atoms with Crippen LogP contribution in [0.5, 0.6) is 5.75 Å². The number of carbonyl (C=O) groups is 1. The molecule has 0 aliphatic carbocycles. The number of halogens is 2. The standard InChI is InChI=1S/C20H21Cl2NO4S/c21-15-4-5-18(22)19(11-15)27-12-20(24)23-16-3-1-2-14(10-16)13-28(25)17-6-8-26-9-7-17/h1-5,10-11,17H,6-9,12-13H2,(H,23,24). The molecule has 0 bridgehead atoms. The van der Waals surface area contributed by atoms with Crippen molar-refractivity contribution in [2.24, 2.45) is 0 Å². The Labute approximate surface area is 176 Å². The Bertz CT molecular complexity index is 856. The Kier molecular flexibility index (Phi) is 7.73. The number of benzene rings is 2. The van der Waals surface area contributed by atoms with E-state index in [1.54, 1.807) is 24.3 Å². The Hall–Kier alpha value is -1.60. The third kappa shape index (κ3) is 6.21. The monoisotopic (exact) mass is 441 g/mol. The lowest BCUT2D eigenvalue weighted by Gasteiger charge is -2.21. The van der Waals surface area contributed by atoms with Gasteiger partial charge >= 0.3 is 0 Å². The molecule has 2 aromatic carbocycles. The number of carbonyl (C=O) groups excluding carboxylic acids is 1. The van der Waals surface area contributed by atoms with E-state index >= 15 is 0 Å². The molecule has 1 amide bonds. The highest BCUT2D eigenvalue weighted by molar-refractivity contribution is 7.84. The Balaban J connectivity index is 1.54. The van der Waals surface area contributed by atoms with Crippen molar-refractivity contribution >= 4 is 45.6 Å². The van der Waals surface area contributed by atoms with Gasteiger partial charge in [0.05, 0.1) is 5.02 Å². The third-order valence-corrected chi connectivity index (χ3v) is 6.69. The van der Waals surface area contributed by atoms with Crippen LogP contribution in [0.4, 0.5) is 5.69 Å². The molecule has 5 nitrogen and oxygen atoms in total. The van der Waals surface area contributed by atoms with Crippen molar-refractivity contribution in [3.05, 3.63) is 58.1 Å². The molecular weight excluding hydrogens is 421 g/mol. The SMILES string of the molecule is O=C(COc1cc(Cl)ccc1Cl)Nc1cccc(CS(=O)C2CCOCC2)c1. The topological polar surface area (TPSA) is 64.6 Å². The number of amides is 1. The zero-order valence-corrected chi connectivity index (χ0v) is 17.5. The van der Waals surface area contributed by atoms with E-state index in [4.69, 9.17) is 32.7 Å². The van der Waals surface area contributed by atoms with Gasteiger partial charge in [0.2, 0.25) is 0 Å². The van der Waals surface area contributed by atoms with Crippen LogP contribution in [0.1, 0.15) is 18.4 Å². The molecule has 0 radical (unpaired) electrons. The van der Waals surface area contributed by atoms with Crippen molar-refractivity contribution in [3.63, 3.8) is 0 Å². The van der Waals surface area contributed by atoms with Gasteiger partial charge in [0.15, 0.2) is 6.61 Å². The van der Waals surface area contributed by atoms with Crippen molar-refractivity contribution in [2.45, 2.75) is 23.8 Å². The van der Waals surface area contributed by atoms with Crippen molar-refractivity contribution in [2.75, 3.05) is 25.1 Å². The fourth-order valence-electron chi connectivity index (χ4n) is 2.89. The van der Waals surface area contributed by atoms with Crippen molar-refractivity contribution < 1.29 is 18.5 Å². The molecule has 1 aliphatic heterocycles. The van der Waals surface area contributed by atoms with Crippen LogP contribution in [0.3, 0.4) is 0 Å². The number of hydrogen-bond donors (Lipinski definition) is 1. The smallest absolute Gasteiger partial charge is 0.262 e. The number of nitrogens with one attached hydrogen (secondary N) is 1. The van der Waals surface area contributed by atoms with E-state index in [1.165, 1.54) is 0 Å². The average molecular weight is 442 g/mol. The quantitative estimate of drug-likeness (QED) is 0.689. The van der Waals surface area contributed by atoms with Gasteiger partial charge in [-0.25, -0.2) is 0 Å². The van der Waals surface area contributed by atoms with Gasteiger partial charge in [-0.2, -0.15) is 0 Å². The van der Waals surface area contributed by atoms with Gasteiger partial charge in [0, 0.05) is 51.8 Å². The normalized spacial score (nSPS) is 15.8. The van der Waals surface area contributed by atoms with E-state index in [0.717, 1.165) is 18.4 Å². The summed E-state index contributed by atoms with van der Waals surface area (Å²) in [5, 5.41) is 3.81. The van der Waals surface area contributed by atoms with Gasteiger partial charge in [-0.3, -0.25) is 9.00 Å². The van der Waals surface area contributed by atoms with Gasteiger partial charge in [0.25, 0.3) is 5.91 Å². The Morgan fingerprint density at radius 3 is 2.75 bits per heavy atom. The number of ether oxygens (including phenoxy) is 2. The summed E-state index contributed by atoms with van der Waals surface area (Å²) in [6, 6.07) is 12.2. The first kappa shape index (κ1) is 21.1. The third-order valence-electron chi connectivity index (χ3n) is 4.31. The summed E-state index contributed by atoms with van der Waals surface area (Å²) in [4.78, 5) is 12.2. The molecule has 1 atom stereocenters. The van der Waals surface area contributed by atoms with E-state index in [2.05, 4.69) is 5.32 Å². The molecule has 3 rings (SSSR count). The highest BCUT2D eigenvalue weighted by atomic mass is 35.5. The van der Waals surface area contributed by atoms with Gasteiger partial charge in [-0.1, -0.05) is 35.3 Å². The van der Waals surface area contributed by atoms with E-state index in [-0.39, 0.29) is 17.8 Å². The van der Waals surface area contributed by atoms with Crippen LogP contribution in [-0.4, -0.2) is 35.2 Å². The molecule has 2 aromatic rings. The maximum Gasteiger partial charge on any atom is 0.262 e. The number of anilines is 1. The molecule has 1 heterocycles. The summed E-state index contributed by atoms with van der Waals surface area (Å²) in [5.74, 6) is 0.492. The zero-order valence-electron chi connectivity index (χ0n) is 15.2. The molecular formula is C20H21Cl2NO4S. The van der Waals surface area contributed by atoms with E-state index in [1.807, 2.05) is 18.2 Å². The highest BCUT2D eigenvalue weighted by Crippen LogP contribution is 2.27. The summed E-state index contributed by atoms with van der Waals surface area (Å²) < 4.78 is 23.3.